The number of methoxy groups -OCH3 is 3. The van der Waals surface area contributed by atoms with E-state index in [0.717, 1.165) is 0 Å². The number of benzene rings is 3. The quantitative estimate of drug-likeness (QED) is 0.513. The second kappa shape index (κ2) is 9.03. The van der Waals surface area contributed by atoms with Gasteiger partial charge in [0.05, 0.1) is 33.4 Å². The van der Waals surface area contributed by atoms with Crippen molar-refractivity contribution in [3.63, 3.8) is 0 Å². The van der Waals surface area contributed by atoms with Gasteiger partial charge in [-0.25, -0.2) is 0 Å². The summed E-state index contributed by atoms with van der Waals surface area (Å²) in [7, 11) is 4.62. The molecule has 1 atom stereocenters. The predicted molar refractivity (Wildman–Crippen MR) is 126 cm³/mol. The zero-order valence-electron chi connectivity index (χ0n) is 18.4. The maximum Gasteiger partial charge on any atom is 0.256 e. The van der Waals surface area contributed by atoms with Gasteiger partial charge in [-0.2, -0.15) is 0 Å². The van der Waals surface area contributed by atoms with E-state index in [4.69, 9.17) is 25.8 Å². The molecule has 0 aromatic heterocycles. The van der Waals surface area contributed by atoms with Crippen molar-refractivity contribution in [2.45, 2.75) is 12.0 Å². The van der Waals surface area contributed by atoms with Crippen LogP contribution >= 0.6 is 11.6 Å². The summed E-state index contributed by atoms with van der Waals surface area (Å²) in [6.07, 6.45) is -0.0347. The summed E-state index contributed by atoms with van der Waals surface area (Å²) < 4.78 is 15.9. The molecule has 1 aliphatic heterocycles. The monoisotopic (exact) mass is 466 g/mol. The summed E-state index contributed by atoms with van der Waals surface area (Å²) in [5, 5.41) is 3.32. The van der Waals surface area contributed by atoms with Crippen LogP contribution in [0.4, 0.5) is 11.4 Å². The molecule has 4 rings (SSSR count). The lowest BCUT2D eigenvalue weighted by atomic mass is 9.76. The highest BCUT2D eigenvalue weighted by molar-refractivity contribution is 6.32. The van der Waals surface area contributed by atoms with E-state index < -0.39 is 11.4 Å². The van der Waals surface area contributed by atoms with Crippen LogP contribution in [0, 0.1) is 0 Å². The molecule has 0 aliphatic carbocycles. The summed E-state index contributed by atoms with van der Waals surface area (Å²) in [5.41, 5.74) is 0.203. The van der Waals surface area contributed by atoms with Crippen LogP contribution in [0.1, 0.15) is 12.0 Å². The third kappa shape index (κ3) is 3.85. The van der Waals surface area contributed by atoms with Crippen LogP contribution in [0.5, 0.6) is 17.2 Å². The Kier molecular flexibility index (Phi) is 6.16. The van der Waals surface area contributed by atoms with Gasteiger partial charge in [-0.3, -0.25) is 14.5 Å². The lowest BCUT2D eigenvalue weighted by Crippen LogP contribution is -2.67. The van der Waals surface area contributed by atoms with E-state index >= 15 is 0 Å². The highest BCUT2D eigenvalue weighted by Gasteiger charge is 2.59. The maximum atomic E-state index is 13.9. The molecule has 1 heterocycles. The summed E-state index contributed by atoms with van der Waals surface area (Å²) >= 11 is 6.54. The third-order valence-electron chi connectivity index (χ3n) is 5.72. The molecule has 33 heavy (non-hydrogen) atoms. The largest absolute Gasteiger partial charge is 0.497 e. The molecule has 8 heteroatoms. The van der Waals surface area contributed by atoms with Crippen molar-refractivity contribution < 1.29 is 23.8 Å². The summed E-state index contributed by atoms with van der Waals surface area (Å²) in [6, 6.07) is 19.1. The van der Waals surface area contributed by atoms with Crippen LogP contribution in [-0.4, -0.2) is 33.1 Å². The summed E-state index contributed by atoms with van der Waals surface area (Å²) in [5.74, 6) is 1.05. The number of halogens is 1. The summed E-state index contributed by atoms with van der Waals surface area (Å²) in [6.45, 7) is 0. The molecule has 0 spiro atoms. The lowest BCUT2D eigenvalue weighted by molar-refractivity contribution is -0.137. The van der Waals surface area contributed by atoms with Crippen LogP contribution in [0.15, 0.2) is 66.7 Å². The average Bonchev–Trinajstić information content (AvgIpc) is 2.83. The first-order chi connectivity index (χ1) is 15.9. The number of nitrogens with zero attached hydrogens (tertiary/aromatic N) is 1. The molecule has 0 bridgehead atoms. The smallest absolute Gasteiger partial charge is 0.256 e. The fourth-order valence-corrected chi connectivity index (χ4v) is 4.33. The minimum Gasteiger partial charge on any atom is -0.497 e. The molecule has 1 aliphatic rings. The van der Waals surface area contributed by atoms with E-state index in [0.29, 0.717) is 39.2 Å². The first-order valence-electron chi connectivity index (χ1n) is 10.2. The van der Waals surface area contributed by atoms with Crippen molar-refractivity contribution in [1.29, 1.82) is 0 Å². The summed E-state index contributed by atoms with van der Waals surface area (Å²) in [4.78, 5) is 28.2. The van der Waals surface area contributed by atoms with Crippen molar-refractivity contribution in [3.8, 4) is 17.2 Å². The van der Waals surface area contributed by atoms with E-state index in [1.807, 2.05) is 0 Å². The molecular formula is C25H23ClN2O5. The van der Waals surface area contributed by atoms with Gasteiger partial charge in [0.2, 0.25) is 5.91 Å². The molecular weight excluding hydrogens is 444 g/mol. The number of ether oxygens (including phenoxy) is 3. The molecule has 0 radical (unpaired) electrons. The van der Waals surface area contributed by atoms with Gasteiger partial charge >= 0.3 is 0 Å². The predicted octanol–water partition coefficient (Wildman–Crippen LogP) is 4.64. The number of hydrogen-bond donors (Lipinski definition) is 1. The minimum absolute atomic E-state index is 0.0347. The molecule has 2 amide bonds. The van der Waals surface area contributed by atoms with Crippen molar-refractivity contribution in [2.75, 3.05) is 31.5 Å². The normalized spacial score (nSPS) is 17.2. The Morgan fingerprint density at radius 2 is 1.61 bits per heavy atom. The van der Waals surface area contributed by atoms with Crippen molar-refractivity contribution in [3.05, 3.63) is 77.3 Å². The molecule has 1 N–H and O–H groups in total. The zero-order chi connectivity index (χ0) is 23.6. The van der Waals surface area contributed by atoms with Crippen LogP contribution in [0.2, 0.25) is 5.02 Å². The second-order valence-corrected chi connectivity index (χ2v) is 7.87. The molecule has 1 saturated heterocycles. The van der Waals surface area contributed by atoms with Crippen LogP contribution < -0.4 is 24.4 Å². The van der Waals surface area contributed by atoms with Gasteiger partial charge in [0.15, 0.2) is 5.54 Å². The molecule has 1 fully saturated rings. The van der Waals surface area contributed by atoms with E-state index in [1.54, 1.807) is 80.9 Å². The number of carbonyl (C=O) groups is 2. The van der Waals surface area contributed by atoms with Gasteiger partial charge in [0.25, 0.3) is 5.91 Å². The zero-order valence-corrected chi connectivity index (χ0v) is 19.2. The first kappa shape index (κ1) is 22.5. The van der Waals surface area contributed by atoms with Gasteiger partial charge in [-0.15, -0.1) is 0 Å². The standard InChI is InChI=1S/C25H23ClN2O5/c1-31-17-10-8-16(9-11-17)28-23(29)15-25(28,19-6-4-5-7-20(19)26)24(30)27-21-13-12-18(32-2)14-22(21)33-3/h4-14H,15H2,1-3H3,(H,27,30)/t25-/m1/s1. The number of rotatable bonds is 7. The van der Waals surface area contributed by atoms with Crippen molar-refractivity contribution in [1.82, 2.24) is 0 Å². The molecule has 0 saturated carbocycles. The number of amides is 2. The third-order valence-corrected chi connectivity index (χ3v) is 6.05. The van der Waals surface area contributed by atoms with E-state index in [-0.39, 0.29) is 12.3 Å². The second-order valence-electron chi connectivity index (χ2n) is 7.46. The molecule has 7 nitrogen and oxygen atoms in total. The molecule has 0 unspecified atom stereocenters. The van der Waals surface area contributed by atoms with Gasteiger partial charge in [-0.05, 0) is 42.5 Å². The topological polar surface area (TPSA) is 77.1 Å². The van der Waals surface area contributed by atoms with Crippen LogP contribution in [0.25, 0.3) is 0 Å². The molecule has 170 valence electrons. The number of β-lactam (4-membered cyclic amide) rings is 1. The Bertz CT molecular complexity index is 1200. The highest BCUT2D eigenvalue weighted by Crippen LogP contribution is 2.48. The van der Waals surface area contributed by atoms with E-state index in [2.05, 4.69) is 5.32 Å². The fraction of sp³-hybridized carbons (Fsp3) is 0.200. The number of hydrogen-bond acceptors (Lipinski definition) is 5. The van der Waals surface area contributed by atoms with Crippen molar-refractivity contribution >= 4 is 34.8 Å². The Morgan fingerprint density at radius 3 is 2.21 bits per heavy atom. The number of anilines is 2. The van der Waals surface area contributed by atoms with Gasteiger partial charge in [0, 0.05) is 22.3 Å². The van der Waals surface area contributed by atoms with Crippen molar-refractivity contribution in [2.24, 2.45) is 0 Å². The maximum absolute atomic E-state index is 13.9. The molecule has 3 aromatic carbocycles. The highest BCUT2D eigenvalue weighted by atomic mass is 35.5. The van der Waals surface area contributed by atoms with E-state index in [9.17, 15) is 9.59 Å². The Hall–Kier alpha value is -3.71. The fourth-order valence-electron chi connectivity index (χ4n) is 4.04. The van der Waals surface area contributed by atoms with Crippen LogP contribution in [-0.2, 0) is 15.1 Å². The first-order valence-corrected chi connectivity index (χ1v) is 10.6. The number of nitrogens with one attached hydrogen (secondary N) is 1. The molecule has 3 aromatic rings. The van der Waals surface area contributed by atoms with Gasteiger partial charge in [0.1, 0.15) is 17.2 Å². The Labute approximate surface area is 196 Å². The minimum atomic E-state index is -1.34. The average molecular weight is 467 g/mol. The Balaban J connectivity index is 1.80. The number of carbonyl (C=O) groups excluding carboxylic acids is 2. The van der Waals surface area contributed by atoms with E-state index in [1.165, 1.54) is 12.0 Å². The van der Waals surface area contributed by atoms with Crippen LogP contribution in [0.3, 0.4) is 0 Å². The lowest BCUT2D eigenvalue weighted by Gasteiger charge is -2.51. The SMILES string of the molecule is COc1ccc(N2C(=O)C[C@]2(C(=O)Nc2ccc(OC)cc2OC)c2ccccc2Cl)cc1. The Morgan fingerprint density at radius 1 is 0.939 bits per heavy atom. The van der Waals surface area contributed by atoms with Gasteiger partial charge < -0.3 is 19.5 Å². The van der Waals surface area contributed by atoms with Gasteiger partial charge in [-0.1, -0.05) is 29.8 Å².